The quantitative estimate of drug-likeness (QED) is 0.457. The van der Waals surface area contributed by atoms with Gasteiger partial charge in [-0.25, -0.2) is 0 Å². The molecule has 2 heterocycles. The zero-order valence-electron chi connectivity index (χ0n) is 20.0. The molecule has 2 aliphatic rings. The summed E-state index contributed by atoms with van der Waals surface area (Å²) in [6, 6.07) is 9.87. The van der Waals surface area contributed by atoms with Gasteiger partial charge in [-0.1, -0.05) is 12.1 Å². The van der Waals surface area contributed by atoms with E-state index in [1.165, 1.54) is 0 Å². The van der Waals surface area contributed by atoms with Gasteiger partial charge in [-0.15, -0.1) is 11.3 Å². The van der Waals surface area contributed by atoms with E-state index in [-0.39, 0.29) is 30.4 Å². The Morgan fingerprint density at radius 1 is 1.09 bits per heavy atom. The number of ether oxygens (including phenoxy) is 3. The molecule has 8 heteroatoms. The molecule has 1 aromatic heterocycles. The van der Waals surface area contributed by atoms with E-state index in [9.17, 15) is 9.59 Å². The summed E-state index contributed by atoms with van der Waals surface area (Å²) in [4.78, 5) is 31.2. The van der Waals surface area contributed by atoms with Crippen molar-refractivity contribution in [3.8, 4) is 11.5 Å². The fourth-order valence-electron chi connectivity index (χ4n) is 4.30. The van der Waals surface area contributed by atoms with E-state index >= 15 is 0 Å². The minimum absolute atomic E-state index is 0.0270. The number of hydrogen-bond donors (Lipinski definition) is 0. The van der Waals surface area contributed by atoms with Gasteiger partial charge < -0.3 is 24.0 Å². The topological polar surface area (TPSA) is 68.3 Å². The summed E-state index contributed by atoms with van der Waals surface area (Å²) in [5.41, 5.74) is 1.06. The Balaban J connectivity index is 1.45. The van der Waals surface area contributed by atoms with Gasteiger partial charge in [0.05, 0.1) is 33.4 Å². The Hall–Kier alpha value is -2.58. The fraction of sp³-hybridized carbons (Fsp3) is 0.538. The molecule has 2 aromatic rings. The molecular formula is C26H34N2O5S. The first-order valence-electron chi connectivity index (χ1n) is 12.0. The SMILES string of the molecule is COc1ccc(CCN(Cc2cccs2)C(=O)CN(CC2CCCO2)C(=O)C2CC2)cc1OC. The summed E-state index contributed by atoms with van der Waals surface area (Å²) < 4.78 is 16.5. The summed E-state index contributed by atoms with van der Waals surface area (Å²) in [6.07, 6.45) is 4.52. The van der Waals surface area contributed by atoms with Crippen molar-refractivity contribution in [1.82, 2.24) is 9.80 Å². The van der Waals surface area contributed by atoms with Crippen LogP contribution in [0.5, 0.6) is 11.5 Å². The third-order valence-electron chi connectivity index (χ3n) is 6.41. The van der Waals surface area contributed by atoms with Gasteiger partial charge in [0.2, 0.25) is 11.8 Å². The number of rotatable bonds is 12. The lowest BCUT2D eigenvalue weighted by molar-refractivity contribution is -0.142. The summed E-state index contributed by atoms with van der Waals surface area (Å²) in [5.74, 6) is 1.50. The van der Waals surface area contributed by atoms with Gasteiger partial charge in [-0.3, -0.25) is 9.59 Å². The molecule has 0 bridgehead atoms. The van der Waals surface area contributed by atoms with Crippen LogP contribution in [0.3, 0.4) is 0 Å². The lowest BCUT2D eigenvalue weighted by Crippen LogP contribution is -2.46. The van der Waals surface area contributed by atoms with Crippen molar-refractivity contribution in [3.63, 3.8) is 0 Å². The van der Waals surface area contributed by atoms with Gasteiger partial charge in [-0.2, -0.15) is 0 Å². The van der Waals surface area contributed by atoms with E-state index in [1.807, 2.05) is 40.6 Å². The number of carbonyl (C=O) groups excluding carboxylic acids is 2. The van der Waals surface area contributed by atoms with E-state index in [1.54, 1.807) is 30.5 Å². The van der Waals surface area contributed by atoms with E-state index in [0.717, 1.165) is 42.7 Å². The highest BCUT2D eigenvalue weighted by molar-refractivity contribution is 7.09. The number of hydrogen-bond acceptors (Lipinski definition) is 6. The molecule has 7 nitrogen and oxygen atoms in total. The molecule has 1 aliphatic carbocycles. The van der Waals surface area contributed by atoms with Crippen molar-refractivity contribution in [2.45, 2.75) is 44.8 Å². The lowest BCUT2D eigenvalue weighted by atomic mass is 10.1. The van der Waals surface area contributed by atoms with E-state index in [4.69, 9.17) is 14.2 Å². The van der Waals surface area contributed by atoms with Gasteiger partial charge in [0.15, 0.2) is 11.5 Å². The summed E-state index contributed by atoms with van der Waals surface area (Å²) >= 11 is 1.64. The first kappa shape index (κ1) is 24.5. The van der Waals surface area contributed by atoms with Crippen molar-refractivity contribution in [1.29, 1.82) is 0 Å². The zero-order valence-corrected chi connectivity index (χ0v) is 20.9. The van der Waals surface area contributed by atoms with E-state index in [0.29, 0.717) is 37.6 Å². The number of amides is 2. The largest absolute Gasteiger partial charge is 0.493 e. The van der Waals surface area contributed by atoms with Crippen LogP contribution in [-0.2, 0) is 27.3 Å². The minimum Gasteiger partial charge on any atom is -0.493 e. The maximum absolute atomic E-state index is 13.5. The van der Waals surface area contributed by atoms with Crippen LogP contribution in [0.4, 0.5) is 0 Å². The van der Waals surface area contributed by atoms with Crippen LogP contribution in [0, 0.1) is 5.92 Å². The summed E-state index contributed by atoms with van der Waals surface area (Å²) in [5, 5.41) is 2.02. The first-order valence-corrected chi connectivity index (χ1v) is 12.9. The average Bonchev–Trinajstić information content (AvgIpc) is 3.33. The zero-order chi connectivity index (χ0) is 23.9. The minimum atomic E-state index is -0.0270. The predicted molar refractivity (Wildman–Crippen MR) is 131 cm³/mol. The smallest absolute Gasteiger partial charge is 0.242 e. The summed E-state index contributed by atoms with van der Waals surface area (Å²) in [7, 11) is 3.23. The van der Waals surface area contributed by atoms with Crippen molar-refractivity contribution in [3.05, 3.63) is 46.2 Å². The normalized spacial score (nSPS) is 17.4. The Bertz CT molecular complexity index is 954. The fourth-order valence-corrected chi connectivity index (χ4v) is 5.02. The van der Waals surface area contributed by atoms with E-state index < -0.39 is 0 Å². The number of carbonyl (C=O) groups is 2. The van der Waals surface area contributed by atoms with Crippen LogP contribution in [0.1, 0.15) is 36.1 Å². The van der Waals surface area contributed by atoms with Gasteiger partial charge in [0.25, 0.3) is 0 Å². The molecule has 1 saturated carbocycles. The van der Waals surface area contributed by atoms with Crippen LogP contribution in [-0.4, -0.2) is 68.2 Å². The molecule has 0 radical (unpaired) electrons. The van der Waals surface area contributed by atoms with Crippen LogP contribution in [0.15, 0.2) is 35.7 Å². The molecule has 0 N–H and O–H groups in total. The molecule has 4 rings (SSSR count). The van der Waals surface area contributed by atoms with Crippen molar-refractivity contribution < 1.29 is 23.8 Å². The molecule has 1 unspecified atom stereocenters. The molecule has 2 amide bonds. The molecule has 34 heavy (non-hydrogen) atoms. The highest BCUT2D eigenvalue weighted by atomic mass is 32.1. The number of thiophene rings is 1. The first-order chi connectivity index (χ1) is 16.6. The Morgan fingerprint density at radius 3 is 2.56 bits per heavy atom. The van der Waals surface area contributed by atoms with Crippen LogP contribution in [0.2, 0.25) is 0 Å². The predicted octanol–water partition coefficient (Wildman–Crippen LogP) is 3.75. The molecular weight excluding hydrogens is 452 g/mol. The van der Waals surface area contributed by atoms with Gasteiger partial charge >= 0.3 is 0 Å². The standard InChI is InChI=1S/C26H34N2O5S/c1-31-23-10-7-19(15-24(23)32-2)11-12-27(17-22-6-4-14-34-22)25(29)18-28(26(30)20-8-9-20)16-21-5-3-13-33-21/h4,6-7,10,14-15,20-21H,3,5,8-9,11-13,16-18H2,1-2H3. The number of methoxy groups -OCH3 is 2. The molecule has 184 valence electrons. The Labute approximate surface area is 205 Å². The van der Waals surface area contributed by atoms with Crippen molar-refractivity contribution >= 4 is 23.2 Å². The molecule has 1 aliphatic heterocycles. The van der Waals surface area contributed by atoms with Crippen molar-refractivity contribution in [2.75, 3.05) is 40.5 Å². The third kappa shape index (κ3) is 6.51. The highest BCUT2D eigenvalue weighted by Gasteiger charge is 2.36. The van der Waals surface area contributed by atoms with Crippen LogP contribution in [0.25, 0.3) is 0 Å². The second kappa shape index (κ2) is 11.7. The summed E-state index contributed by atoms with van der Waals surface area (Å²) in [6.45, 7) is 2.43. The van der Waals surface area contributed by atoms with Gasteiger partial charge in [-0.05, 0) is 61.2 Å². The highest BCUT2D eigenvalue weighted by Crippen LogP contribution is 2.32. The molecule has 2 fully saturated rings. The monoisotopic (exact) mass is 486 g/mol. The van der Waals surface area contributed by atoms with Crippen molar-refractivity contribution in [2.24, 2.45) is 5.92 Å². The maximum Gasteiger partial charge on any atom is 0.242 e. The maximum atomic E-state index is 13.5. The molecule has 0 spiro atoms. The third-order valence-corrected chi connectivity index (χ3v) is 7.27. The second-order valence-corrected chi connectivity index (χ2v) is 9.99. The Morgan fingerprint density at radius 2 is 1.91 bits per heavy atom. The van der Waals surface area contributed by atoms with Gasteiger partial charge in [0.1, 0.15) is 0 Å². The number of benzene rings is 1. The Kier molecular flexibility index (Phi) is 8.45. The average molecular weight is 487 g/mol. The number of nitrogens with zero attached hydrogens (tertiary/aromatic N) is 2. The van der Waals surface area contributed by atoms with E-state index in [2.05, 4.69) is 0 Å². The lowest BCUT2D eigenvalue weighted by Gasteiger charge is -2.29. The molecule has 1 aromatic carbocycles. The molecule has 1 atom stereocenters. The van der Waals surface area contributed by atoms with Crippen LogP contribution >= 0.6 is 11.3 Å². The van der Waals surface area contributed by atoms with Crippen LogP contribution < -0.4 is 9.47 Å². The molecule has 1 saturated heterocycles. The van der Waals surface area contributed by atoms with Gasteiger partial charge in [0, 0.05) is 30.5 Å². The second-order valence-electron chi connectivity index (χ2n) is 8.96.